The van der Waals surface area contributed by atoms with E-state index < -0.39 is 23.9 Å². The van der Waals surface area contributed by atoms with Crippen molar-refractivity contribution in [3.8, 4) is 10.4 Å². The van der Waals surface area contributed by atoms with Gasteiger partial charge < -0.3 is 14.6 Å². The smallest absolute Gasteiger partial charge is 0.451 e. The Labute approximate surface area is 183 Å². The Morgan fingerprint density at radius 3 is 2.55 bits per heavy atom. The van der Waals surface area contributed by atoms with Gasteiger partial charge in [-0.25, -0.2) is 4.79 Å². The number of thioether (sulfide) groups is 1. The van der Waals surface area contributed by atoms with Crippen LogP contribution in [0.3, 0.4) is 0 Å². The van der Waals surface area contributed by atoms with Crippen molar-refractivity contribution in [2.75, 3.05) is 17.7 Å². The van der Waals surface area contributed by atoms with Crippen molar-refractivity contribution in [1.29, 1.82) is 0 Å². The Morgan fingerprint density at radius 2 is 1.94 bits per heavy atom. The van der Waals surface area contributed by atoms with Crippen LogP contribution in [0.2, 0.25) is 0 Å². The van der Waals surface area contributed by atoms with Gasteiger partial charge in [0.15, 0.2) is 5.16 Å². The molecule has 7 nitrogen and oxygen atoms in total. The first-order valence-electron chi connectivity index (χ1n) is 8.96. The number of thiophene rings is 1. The first kappa shape index (κ1) is 22.8. The SMILES string of the molecule is CCOC(=O)c1sc(-c2ccccc2)cc1NC(=O)CSc1nnc(C(F)(F)F)n1C. The number of halogens is 3. The van der Waals surface area contributed by atoms with E-state index in [2.05, 4.69) is 15.5 Å². The summed E-state index contributed by atoms with van der Waals surface area (Å²) in [6.45, 7) is 1.85. The van der Waals surface area contributed by atoms with Gasteiger partial charge in [0, 0.05) is 11.9 Å². The Kier molecular flexibility index (Phi) is 7.01. The van der Waals surface area contributed by atoms with Crippen LogP contribution in [-0.4, -0.2) is 39.0 Å². The summed E-state index contributed by atoms with van der Waals surface area (Å²) < 4.78 is 44.3. The summed E-state index contributed by atoms with van der Waals surface area (Å²) in [6.07, 6.45) is -4.64. The van der Waals surface area contributed by atoms with Crippen molar-refractivity contribution in [2.24, 2.45) is 7.05 Å². The standard InChI is InChI=1S/C19H17F3N4O3S2/c1-3-29-16(28)15-12(9-13(31-15)11-7-5-4-6-8-11)23-14(27)10-30-18-25-24-17(26(18)2)19(20,21)22/h4-9H,3,10H2,1-2H3,(H,23,27). The fraction of sp³-hybridized carbons (Fsp3) is 0.263. The van der Waals surface area contributed by atoms with E-state index in [0.29, 0.717) is 0 Å². The van der Waals surface area contributed by atoms with Crippen molar-refractivity contribution < 1.29 is 27.5 Å². The first-order chi connectivity index (χ1) is 14.7. The Morgan fingerprint density at radius 1 is 1.23 bits per heavy atom. The zero-order valence-electron chi connectivity index (χ0n) is 16.4. The Bertz CT molecular complexity index is 1080. The van der Waals surface area contributed by atoms with Gasteiger partial charge in [-0.1, -0.05) is 42.1 Å². The maximum Gasteiger partial charge on any atom is 0.451 e. The van der Waals surface area contributed by atoms with Crippen molar-refractivity contribution in [3.63, 3.8) is 0 Å². The van der Waals surface area contributed by atoms with E-state index in [9.17, 15) is 22.8 Å². The molecule has 164 valence electrons. The van der Waals surface area contributed by atoms with Crippen LogP contribution < -0.4 is 5.32 Å². The minimum atomic E-state index is -4.64. The molecular weight excluding hydrogens is 453 g/mol. The summed E-state index contributed by atoms with van der Waals surface area (Å²) in [7, 11) is 1.17. The predicted octanol–water partition coefficient (Wildman–Crippen LogP) is 4.47. The van der Waals surface area contributed by atoms with Gasteiger partial charge in [0.05, 0.1) is 18.0 Å². The highest BCUT2D eigenvalue weighted by Gasteiger charge is 2.37. The van der Waals surface area contributed by atoms with Crippen LogP contribution in [0.1, 0.15) is 22.4 Å². The van der Waals surface area contributed by atoms with Gasteiger partial charge in [-0.15, -0.1) is 21.5 Å². The molecule has 0 saturated carbocycles. The fourth-order valence-corrected chi connectivity index (χ4v) is 4.30. The van der Waals surface area contributed by atoms with E-state index in [1.807, 2.05) is 30.3 Å². The molecule has 0 saturated heterocycles. The number of ether oxygens (including phenoxy) is 1. The lowest BCUT2D eigenvalue weighted by Gasteiger charge is -2.07. The lowest BCUT2D eigenvalue weighted by molar-refractivity contribution is -0.147. The van der Waals surface area contributed by atoms with Crippen molar-refractivity contribution >= 4 is 40.7 Å². The number of nitrogens with one attached hydrogen (secondary N) is 1. The lowest BCUT2D eigenvalue weighted by atomic mass is 10.2. The molecule has 3 aromatic rings. The maximum absolute atomic E-state index is 12.8. The minimum absolute atomic E-state index is 0.0524. The number of rotatable bonds is 7. The molecule has 31 heavy (non-hydrogen) atoms. The highest BCUT2D eigenvalue weighted by atomic mass is 32.2. The molecule has 0 spiro atoms. The molecule has 3 rings (SSSR count). The Hall–Kier alpha value is -2.86. The van der Waals surface area contributed by atoms with Gasteiger partial charge in [-0.05, 0) is 18.6 Å². The number of alkyl halides is 3. The molecule has 0 fully saturated rings. The molecule has 0 aliphatic rings. The third-order valence-electron chi connectivity index (χ3n) is 3.95. The van der Waals surface area contributed by atoms with Gasteiger partial charge in [-0.3, -0.25) is 4.79 Å². The number of hydrogen-bond donors (Lipinski definition) is 1. The third kappa shape index (κ3) is 5.44. The molecule has 1 N–H and O–H groups in total. The molecule has 1 aromatic carbocycles. The maximum atomic E-state index is 12.8. The zero-order chi connectivity index (χ0) is 22.6. The van der Waals surface area contributed by atoms with E-state index in [4.69, 9.17) is 4.74 Å². The molecule has 2 heterocycles. The lowest BCUT2D eigenvalue weighted by Crippen LogP contribution is -2.17. The largest absolute Gasteiger partial charge is 0.462 e. The van der Waals surface area contributed by atoms with Gasteiger partial charge in [0.25, 0.3) is 0 Å². The second kappa shape index (κ2) is 9.52. The average Bonchev–Trinajstić information content (AvgIpc) is 3.31. The number of benzene rings is 1. The number of hydrogen-bond acceptors (Lipinski definition) is 7. The number of carbonyl (C=O) groups excluding carboxylic acids is 2. The van der Waals surface area contributed by atoms with E-state index in [1.54, 1.807) is 13.0 Å². The first-order valence-corrected chi connectivity index (χ1v) is 10.8. The van der Waals surface area contributed by atoms with E-state index in [0.717, 1.165) is 26.8 Å². The summed E-state index contributed by atoms with van der Waals surface area (Å²) in [5.41, 5.74) is 1.15. The monoisotopic (exact) mass is 470 g/mol. The van der Waals surface area contributed by atoms with Gasteiger partial charge in [-0.2, -0.15) is 13.2 Å². The van der Waals surface area contributed by atoms with Crippen LogP contribution in [0.25, 0.3) is 10.4 Å². The highest BCUT2D eigenvalue weighted by molar-refractivity contribution is 7.99. The second-order valence-corrected chi connectivity index (χ2v) is 8.13. The molecule has 2 aromatic heterocycles. The molecule has 0 aliphatic heterocycles. The summed E-state index contributed by atoms with van der Waals surface area (Å²) >= 11 is 1.98. The van der Waals surface area contributed by atoms with Crippen LogP contribution in [0, 0.1) is 0 Å². The molecule has 0 aliphatic carbocycles. The highest BCUT2D eigenvalue weighted by Crippen LogP contribution is 2.35. The van der Waals surface area contributed by atoms with Gasteiger partial charge in [0.1, 0.15) is 4.88 Å². The number of nitrogens with zero attached hydrogens (tertiary/aromatic N) is 3. The normalized spacial score (nSPS) is 11.4. The number of carbonyl (C=O) groups is 2. The van der Waals surface area contributed by atoms with Crippen LogP contribution in [0.4, 0.5) is 18.9 Å². The van der Waals surface area contributed by atoms with E-state index in [1.165, 1.54) is 18.4 Å². The predicted molar refractivity (Wildman–Crippen MR) is 111 cm³/mol. The van der Waals surface area contributed by atoms with E-state index in [-0.39, 0.29) is 28.1 Å². The molecule has 1 amide bonds. The van der Waals surface area contributed by atoms with Crippen LogP contribution in [0.15, 0.2) is 41.6 Å². The third-order valence-corrected chi connectivity index (χ3v) is 6.13. The van der Waals surface area contributed by atoms with Crippen molar-refractivity contribution in [2.45, 2.75) is 18.3 Å². The quantitative estimate of drug-likeness (QED) is 0.405. The van der Waals surface area contributed by atoms with E-state index >= 15 is 0 Å². The van der Waals surface area contributed by atoms with Crippen LogP contribution >= 0.6 is 23.1 Å². The van der Waals surface area contributed by atoms with Crippen LogP contribution in [0.5, 0.6) is 0 Å². The minimum Gasteiger partial charge on any atom is -0.462 e. The molecule has 12 heteroatoms. The van der Waals surface area contributed by atoms with Crippen LogP contribution in [-0.2, 0) is 22.8 Å². The van der Waals surface area contributed by atoms with Crippen molar-refractivity contribution in [3.05, 3.63) is 47.1 Å². The number of esters is 1. The summed E-state index contributed by atoms with van der Waals surface area (Å²) in [4.78, 5) is 25.7. The number of amides is 1. The Balaban J connectivity index is 1.75. The van der Waals surface area contributed by atoms with Crippen molar-refractivity contribution in [1.82, 2.24) is 14.8 Å². The second-order valence-electron chi connectivity index (χ2n) is 6.14. The zero-order valence-corrected chi connectivity index (χ0v) is 18.0. The van der Waals surface area contributed by atoms with Gasteiger partial charge >= 0.3 is 12.1 Å². The summed E-state index contributed by atoms with van der Waals surface area (Å²) in [5, 5.41) is 9.18. The summed E-state index contributed by atoms with van der Waals surface area (Å²) in [6, 6.07) is 11.0. The molecule has 0 unspecified atom stereocenters. The number of anilines is 1. The topological polar surface area (TPSA) is 86.1 Å². The number of aromatic nitrogens is 3. The molecule has 0 radical (unpaired) electrons. The van der Waals surface area contributed by atoms with Gasteiger partial charge in [0.2, 0.25) is 11.7 Å². The molecule has 0 atom stereocenters. The average molecular weight is 470 g/mol. The molecule has 0 bridgehead atoms. The molecular formula is C19H17F3N4O3S2. The summed E-state index contributed by atoms with van der Waals surface area (Å²) in [5.74, 6) is -2.45. The fourth-order valence-electron chi connectivity index (χ4n) is 2.58.